The molecule has 25 heavy (non-hydrogen) atoms. The minimum atomic E-state index is -4.57. The third-order valence-electron chi connectivity index (χ3n) is 3.56. The van der Waals surface area contributed by atoms with Crippen LogP contribution in [0.3, 0.4) is 0 Å². The van der Waals surface area contributed by atoms with Gasteiger partial charge in [0.1, 0.15) is 5.82 Å². The molecule has 1 heterocycles. The average Bonchev–Trinajstić information content (AvgIpc) is 2.55. The number of benzene rings is 1. The molecule has 0 bridgehead atoms. The van der Waals surface area contributed by atoms with E-state index in [1.54, 1.807) is 0 Å². The van der Waals surface area contributed by atoms with Gasteiger partial charge in [0.05, 0.1) is 11.3 Å². The SMILES string of the molecule is CCC(C)NC(=O)c1ccnc(Nc2ccc(Cl)cc2C(F)(F)F)c1. The third kappa shape index (κ3) is 5.09. The van der Waals surface area contributed by atoms with Gasteiger partial charge in [-0.25, -0.2) is 4.98 Å². The van der Waals surface area contributed by atoms with Crippen LogP contribution in [0.1, 0.15) is 36.2 Å². The number of rotatable bonds is 5. The van der Waals surface area contributed by atoms with Gasteiger partial charge in [0.2, 0.25) is 0 Å². The van der Waals surface area contributed by atoms with Gasteiger partial charge in [0.15, 0.2) is 0 Å². The number of nitrogens with zero attached hydrogens (tertiary/aromatic N) is 1. The summed E-state index contributed by atoms with van der Waals surface area (Å²) in [7, 11) is 0. The summed E-state index contributed by atoms with van der Waals surface area (Å²) in [4.78, 5) is 16.1. The van der Waals surface area contributed by atoms with Crippen LogP contribution in [0.2, 0.25) is 5.02 Å². The Bertz CT molecular complexity index is 765. The lowest BCUT2D eigenvalue weighted by atomic mass is 10.1. The normalized spacial score (nSPS) is 12.6. The fourth-order valence-corrected chi connectivity index (χ4v) is 2.22. The van der Waals surface area contributed by atoms with Crippen LogP contribution in [0, 0.1) is 0 Å². The molecule has 4 nitrogen and oxygen atoms in total. The van der Waals surface area contributed by atoms with Gasteiger partial charge in [-0.2, -0.15) is 13.2 Å². The highest BCUT2D eigenvalue weighted by Crippen LogP contribution is 2.37. The summed E-state index contributed by atoms with van der Waals surface area (Å²) in [6, 6.07) is 6.29. The Morgan fingerprint density at radius 1 is 1.28 bits per heavy atom. The van der Waals surface area contributed by atoms with Gasteiger partial charge in [-0.1, -0.05) is 18.5 Å². The Morgan fingerprint density at radius 3 is 2.64 bits per heavy atom. The first-order chi connectivity index (χ1) is 11.7. The summed E-state index contributed by atoms with van der Waals surface area (Å²) in [6.45, 7) is 3.80. The maximum Gasteiger partial charge on any atom is 0.418 e. The van der Waals surface area contributed by atoms with Gasteiger partial charge in [0, 0.05) is 22.8 Å². The van der Waals surface area contributed by atoms with Crippen molar-refractivity contribution >= 4 is 29.0 Å². The number of alkyl halides is 3. The smallest absolute Gasteiger partial charge is 0.350 e. The molecule has 134 valence electrons. The summed E-state index contributed by atoms with van der Waals surface area (Å²) >= 11 is 5.66. The Balaban J connectivity index is 2.28. The summed E-state index contributed by atoms with van der Waals surface area (Å²) < 4.78 is 39.4. The second-order valence-electron chi connectivity index (χ2n) is 5.53. The zero-order valence-corrected chi connectivity index (χ0v) is 14.4. The highest BCUT2D eigenvalue weighted by Gasteiger charge is 2.34. The number of amides is 1. The van der Waals surface area contributed by atoms with Gasteiger partial charge < -0.3 is 10.6 Å². The van der Waals surface area contributed by atoms with E-state index < -0.39 is 11.7 Å². The number of hydrogen-bond donors (Lipinski definition) is 2. The maximum absolute atomic E-state index is 13.1. The molecule has 1 aromatic carbocycles. The van der Waals surface area contributed by atoms with Crippen molar-refractivity contribution < 1.29 is 18.0 Å². The molecule has 0 aliphatic carbocycles. The number of aromatic nitrogens is 1. The van der Waals surface area contributed by atoms with E-state index in [-0.39, 0.29) is 28.5 Å². The Hall–Kier alpha value is -2.28. The Labute approximate surface area is 148 Å². The van der Waals surface area contributed by atoms with Crippen LogP contribution in [0.25, 0.3) is 0 Å². The minimum Gasteiger partial charge on any atom is -0.350 e. The van der Waals surface area contributed by atoms with Crippen LogP contribution in [0.4, 0.5) is 24.7 Å². The molecule has 8 heteroatoms. The fourth-order valence-electron chi connectivity index (χ4n) is 2.05. The molecule has 0 aliphatic rings. The highest BCUT2D eigenvalue weighted by atomic mass is 35.5. The molecule has 2 aromatic rings. The monoisotopic (exact) mass is 371 g/mol. The summed E-state index contributed by atoms with van der Waals surface area (Å²) in [5.41, 5.74) is -0.791. The lowest BCUT2D eigenvalue weighted by Crippen LogP contribution is -2.31. The summed E-state index contributed by atoms with van der Waals surface area (Å²) in [5, 5.41) is 5.37. The maximum atomic E-state index is 13.1. The predicted molar refractivity (Wildman–Crippen MR) is 91.2 cm³/mol. The van der Waals surface area contributed by atoms with E-state index in [2.05, 4.69) is 15.6 Å². The van der Waals surface area contributed by atoms with Crippen LogP contribution < -0.4 is 10.6 Å². The lowest BCUT2D eigenvalue weighted by Gasteiger charge is -2.15. The standard InChI is InChI=1S/C17H17ClF3N3O/c1-3-10(2)23-16(25)11-6-7-22-15(8-11)24-14-5-4-12(18)9-13(14)17(19,20)21/h4-10H,3H2,1-2H3,(H,22,24)(H,23,25). The van der Waals surface area contributed by atoms with Crippen molar-refractivity contribution in [2.24, 2.45) is 0 Å². The zero-order chi connectivity index (χ0) is 18.6. The first-order valence-corrected chi connectivity index (χ1v) is 7.99. The molecule has 1 unspecified atom stereocenters. The summed E-state index contributed by atoms with van der Waals surface area (Å²) in [5.74, 6) is -0.184. The number of halogens is 4. The Kier molecular flexibility index (Phi) is 5.89. The van der Waals surface area contributed by atoms with Crippen molar-refractivity contribution in [1.82, 2.24) is 10.3 Å². The predicted octanol–water partition coefficient (Wildman–Crippen LogP) is 5.03. The number of carbonyl (C=O) groups excluding carboxylic acids is 1. The number of nitrogens with one attached hydrogen (secondary N) is 2. The molecular weight excluding hydrogens is 355 g/mol. The molecule has 0 radical (unpaired) electrons. The molecule has 1 aromatic heterocycles. The molecule has 0 saturated heterocycles. The van der Waals surface area contributed by atoms with E-state index in [0.29, 0.717) is 5.56 Å². The second-order valence-corrected chi connectivity index (χ2v) is 5.96. The van der Waals surface area contributed by atoms with Gasteiger partial charge in [-0.05, 0) is 43.7 Å². The Morgan fingerprint density at radius 2 is 2.00 bits per heavy atom. The van der Waals surface area contributed by atoms with Crippen LogP contribution >= 0.6 is 11.6 Å². The van der Waals surface area contributed by atoms with Crippen LogP contribution in [-0.4, -0.2) is 16.9 Å². The molecule has 0 spiro atoms. The summed E-state index contributed by atoms with van der Waals surface area (Å²) in [6.07, 6.45) is -2.45. The average molecular weight is 372 g/mol. The van der Waals surface area contributed by atoms with E-state index in [0.717, 1.165) is 12.5 Å². The van der Waals surface area contributed by atoms with Crippen LogP contribution in [0.5, 0.6) is 0 Å². The number of pyridine rings is 1. The van der Waals surface area contributed by atoms with Crippen molar-refractivity contribution in [3.8, 4) is 0 Å². The van der Waals surface area contributed by atoms with Gasteiger partial charge in [-0.15, -0.1) is 0 Å². The largest absolute Gasteiger partial charge is 0.418 e. The molecular formula is C17H17ClF3N3O. The fraction of sp³-hybridized carbons (Fsp3) is 0.294. The van der Waals surface area contributed by atoms with Crippen molar-refractivity contribution in [2.45, 2.75) is 32.5 Å². The van der Waals surface area contributed by atoms with Gasteiger partial charge in [-0.3, -0.25) is 4.79 Å². The van der Waals surface area contributed by atoms with Crippen LogP contribution in [-0.2, 0) is 6.18 Å². The highest BCUT2D eigenvalue weighted by molar-refractivity contribution is 6.30. The van der Waals surface area contributed by atoms with E-state index in [9.17, 15) is 18.0 Å². The zero-order valence-electron chi connectivity index (χ0n) is 13.6. The molecule has 0 saturated carbocycles. The molecule has 1 amide bonds. The van der Waals surface area contributed by atoms with E-state index >= 15 is 0 Å². The second kappa shape index (κ2) is 7.74. The van der Waals surface area contributed by atoms with Crippen molar-refractivity contribution in [2.75, 3.05) is 5.32 Å². The van der Waals surface area contributed by atoms with E-state index in [4.69, 9.17) is 11.6 Å². The molecule has 0 aliphatic heterocycles. The quantitative estimate of drug-likeness (QED) is 0.775. The first-order valence-electron chi connectivity index (χ1n) is 7.61. The molecule has 1 atom stereocenters. The van der Waals surface area contributed by atoms with Gasteiger partial charge >= 0.3 is 6.18 Å². The third-order valence-corrected chi connectivity index (χ3v) is 3.80. The molecule has 2 rings (SSSR count). The lowest BCUT2D eigenvalue weighted by molar-refractivity contribution is -0.136. The van der Waals surface area contributed by atoms with Crippen LogP contribution in [0.15, 0.2) is 36.5 Å². The molecule has 2 N–H and O–H groups in total. The number of anilines is 2. The van der Waals surface area contributed by atoms with E-state index in [1.165, 1.54) is 30.5 Å². The van der Waals surface area contributed by atoms with Gasteiger partial charge in [0.25, 0.3) is 5.91 Å². The number of carbonyl (C=O) groups is 1. The minimum absolute atomic E-state index is 0.00910. The number of hydrogen-bond acceptors (Lipinski definition) is 3. The topological polar surface area (TPSA) is 54.0 Å². The van der Waals surface area contributed by atoms with Crippen molar-refractivity contribution in [3.05, 3.63) is 52.7 Å². The van der Waals surface area contributed by atoms with Crippen molar-refractivity contribution in [1.29, 1.82) is 0 Å². The van der Waals surface area contributed by atoms with E-state index in [1.807, 2.05) is 13.8 Å². The molecule has 0 fully saturated rings. The van der Waals surface area contributed by atoms with Crippen molar-refractivity contribution in [3.63, 3.8) is 0 Å². The first kappa shape index (κ1) is 19.1.